The van der Waals surface area contributed by atoms with Crippen LogP contribution in [-0.4, -0.2) is 57.2 Å². The number of esters is 1. The molecule has 1 aromatic carbocycles. The first kappa shape index (κ1) is 33.1. The van der Waals surface area contributed by atoms with Crippen LogP contribution in [0.3, 0.4) is 0 Å². The van der Waals surface area contributed by atoms with Gasteiger partial charge in [0.2, 0.25) is 11.2 Å². The standard InChI is InChI=1S/C35H47ClN6O3/c1-21(2)44-31(43)30(45-34(5,6)7)28-23(4)39-22(3)27(29(28)41-16-13-35(8,9)14-17-41)25-10-11-26-19-42(15-12-24(26)18-25)33-38-20-37-32(36)40-33/h10-11,18,20-21,30H,12-17,19H2,1-9H3. The maximum Gasteiger partial charge on any atom is 0.340 e. The van der Waals surface area contributed by atoms with Crippen LogP contribution >= 0.6 is 11.6 Å². The van der Waals surface area contributed by atoms with Crippen molar-refractivity contribution in [3.05, 3.63) is 57.9 Å². The van der Waals surface area contributed by atoms with E-state index in [1.165, 1.54) is 17.5 Å². The van der Waals surface area contributed by atoms with Crippen molar-refractivity contribution < 1.29 is 14.3 Å². The molecule has 45 heavy (non-hydrogen) atoms. The van der Waals surface area contributed by atoms with E-state index < -0.39 is 11.7 Å². The number of pyridine rings is 1. The number of aryl methyl sites for hydroxylation is 2. The molecule has 0 spiro atoms. The zero-order valence-corrected chi connectivity index (χ0v) is 29.0. The maximum absolute atomic E-state index is 13.8. The number of hydrogen-bond acceptors (Lipinski definition) is 9. The van der Waals surface area contributed by atoms with Crippen LogP contribution in [0.15, 0.2) is 24.5 Å². The highest BCUT2D eigenvalue weighted by atomic mass is 35.5. The van der Waals surface area contributed by atoms with E-state index in [4.69, 9.17) is 26.1 Å². The first-order valence-electron chi connectivity index (χ1n) is 16.0. The zero-order chi connectivity index (χ0) is 32.7. The van der Waals surface area contributed by atoms with Crippen LogP contribution in [0.25, 0.3) is 11.1 Å². The van der Waals surface area contributed by atoms with Crippen LogP contribution in [0, 0.1) is 19.3 Å². The highest BCUT2D eigenvalue weighted by molar-refractivity contribution is 6.28. The molecule has 242 valence electrons. The van der Waals surface area contributed by atoms with Gasteiger partial charge in [-0.25, -0.2) is 14.8 Å². The molecule has 1 fully saturated rings. The summed E-state index contributed by atoms with van der Waals surface area (Å²) in [6, 6.07) is 6.66. The monoisotopic (exact) mass is 634 g/mol. The van der Waals surface area contributed by atoms with Crippen molar-refractivity contribution in [2.24, 2.45) is 5.41 Å². The third kappa shape index (κ3) is 7.58. The van der Waals surface area contributed by atoms with Gasteiger partial charge in [-0.05, 0) is 101 Å². The Morgan fingerprint density at radius 2 is 1.69 bits per heavy atom. The number of anilines is 2. The smallest absolute Gasteiger partial charge is 0.340 e. The first-order valence-corrected chi connectivity index (χ1v) is 16.4. The van der Waals surface area contributed by atoms with Crippen LogP contribution in [0.5, 0.6) is 0 Å². The fraction of sp³-hybridized carbons (Fsp3) is 0.571. The fourth-order valence-electron chi connectivity index (χ4n) is 6.34. The molecule has 2 aliphatic rings. The SMILES string of the molecule is Cc1nc(C)c(C(OC(C)(C)C)C(=O)OC(C)C)c(N2CCC(C)(C)CC2)c1-c1ccc2c(c1)CCN(c1ncnc(Cl)n1)C2. The molecule has 10 heteroatoms. The molecule has 0 radical (unpaired) electrons. The normalized spacial score (nSPS) is 17.3. The van der Waals surface area contributed by atoms with Gasteiger partial charge in [0.25, 0.3) is 0 Å². The average molecular weight is 635 g/mol. The van der Waals surface area contributed by atoms with Crippen LogP contribution in [0.2, 0.25) is 5.28 Å². The van der Waals surface area contributed by atoms with E-state index in [0.29, 0.717) is 12.5 Å². The Morgan fingerprint density at radius 1 is 0.978 bits per heavy atom. The quantitative estimate of drug-likeness (QED) is 0.250. The van der Waals surface area contributed by atoms with Crippen molar-refractivity contribution in [3.63, 3.8) is 0 Å². The minimum atomic E-state index is -0.914. The fourth-order valence-corrected chi connectivity index (χ4v) is 6.46. The molecule has 1 saturated heterocycles. The summed E-state index contributed by atoms with van der Waals surface area (Å²) in [5.74, 6) is 0.198. The minimum Gasteiger partial charge on any atom is -0.461 e. The Kier molecular flexibility index (Phi) is 9.43. The second kappa shape index (κ2) is 12.8. The van der Waals surface area contributed by atoms with E-state index in [1.807, 2.05) is 41.5 Å². The number of hydrogen-bond donors (Lipinski definition) is 0. The van der Waals surface area contributed by atoms with Crippen molar-refractivity contribution in [2.45, 2.75) is 106 Å². The van der Waals surface area contributed by atoms with Gasteiger partial charge in [0.15, 0.2) is 6.10 Å². The van der Waals surface area contributed by atoms with Gasteiger partial charge >= 0.3 is 5.97 Å². The Bertz CT molecular complexity index is 1560. The highest BCUT2D eigenvalue weighted by Crippen LogP contribution is 2.45. The van der Waals surface area contributed by atoms with Gasteiger partial charge in [-0.3, -0.25) is 4.98 Å². The number of piperidine rings is 1. The van der Waals surface area contributed by atoms with Crippen LogP contribution in [0.4, 0.5) is 11.6 Å². The van der Waals surface area contributed by atoms with E-state index in [2.05, 4.69) is 63.7 Å². The van der Waals surface area contributed by atoms with Gasteiger partial charge in [0.1, 0.15) is 6.33 Å². The Labute approximate surface area is 272 Å². The van der Waals surface area contributed by atoms with Crippen LogP contribution in [-0.2, 0) is 27.2 Å². The van der Waals surface area contributed by atoms with Crippen LogP contribution < -0.4 is 9.80 Å². The van der Waals surface area contributed by atoms with Crippen molar-refractivity contribution >= 4 is 29.2 Å². The van der Waals surface area contributed by atoms with Crippen LogP contribution in [0.1, 0.15) is 95.5 Å². The van der Waals surface area contributed by atoms with Gasteiger partial charge in [-0.1, -0.05) is 32.0 Å². The van der Waals surface area contributed by atoms with Crippen molar-refractivity contribution in [3.8, 4) is 11.1 Å². The maximum atomic E-state index is 13.8. The molecule has 2 aromatic heterocycles. The molecule has 4 heterocycles. The summed E-state index contributed by atoms with van der Waals surface area (Å²) in [6.45, 7) is 21.6. The summed E-state index contributed by atoms with van der Waals surface area (Å²) in [5.41, 5.74) is 7.84. The molecular weight excluding hydrogens is 588 g/mol. The van der Waals surface area contributed by atoms with Gasteiger partial charge in [0, 0.05) is 48.7 Å². The van der Waals surface area contributed by atoms with E-state index >= 15 is 0 Å². The molecule has 0 amide bonds. The number of benzene rings is 1. The zero-order valence-electron chi connectivity index (χ0n) is 28.2. The lowest BCUT2D eigenvalue weighted by Gasteiger charge is -2.41. The predicted molar refractivity (Wildman–Crippen MR) is 179 cm³/mol. The molecule has 1 unspecified atom stereocenters. The van der Waals surface area contributed by atoms with E-state index in [-0.39, 0.29) is 22.8 Å². The third-order valence-corrected chi connectivity index (χ3v) is 8.81. The third-order valence-electron chi connectivity index (χ3n) is 8.63. The van der Waals surface area contributed by atoms with E-state index in [0.717, 1.165) is 72.7 Å². The summed E-state index contributed by atoms with van der Waals surface area (Å²) in [7, 11) is 0. The molecule has 0 saturated carbocycles. The van der Waals surface area contributed by atoms with Gasteiger partial charge in [-0.15, -0.1) is 0 Å². The predicted octanol–water partition coefficient (Wildman–Crippen LogP) is 7.20. The number of ether oxygens (including phenoxy) is 2. The summed E-state index contributed by atoms with van der Waals surface area (Å²) >= 11 is 6.05. The lowest BCUT2D eigenvalue weighted by molar-refractivity contribution is -0.171. The average Bonchev–Trinajstić information content (AvgIpc) is 2.94. The van der Waals surface area contributed by atoms with Gasteiger partial charge in [-0.2, -0.15) is 4.98 Å². The number of fused-ring (bicyclic) bond motifs is 1. The Balaban J connectivity index is 1.64. The number of carbonyl (C=O) groups excluding carboxylic acids is 1. The number of aromatic nitrogens is 4. The van der Waals surface area contributed by atoms with E-state index in [1.54, 1.807) is 0 Å². The van der Waals surface area contributed by atoms with Crippen molar-refractivity contribution in [2.75, 3.05) is 29.4 Å². The summed E-state index contributed by atoms with van der Waals surface area (Å²) in [6.07, 6.45) is 3.20. The van der Waals surface area contributed by atoms with Crippen molar-refractivity contribution in [1.29, 1.82) is 0 Å². The largest absolute Gasteiger partial charge is 0.461 e. The molecule has 3 aromatic rings. The Morgan fingerprint density at radius 3 is 2.33 bits per heavy atom. The molecule has 9 nitrogen and oxygen atoms in total. The van der Waals surface area contributed by atoms with Crippen molar-refractivity contribution in [1.82, 2.24) is 19.9 Å². The van der Waals surface area contributed by atoms with Gasteiger partial charge < -0.3 is 19.3 Å². The number of halogens is 1. The number of nitrogens with zero attached hydrogens (tertiary/aromatic N) is 6. The second-order valence-corrected chi connectivity index (χ2v) is 14.7. The molecule has 1 atom stereocenters. The van der Waals surface area contributed by atoms with E-state index in [9.17, 15) is 4.79 Å². The lowest BCUT2D eigenvalue weighted by Crippen LogP contribution is -2.39. The highest BCUT2D eigenvalue weighted by Gasteiger charge is 2.38. The van der Waals surface area contributed by atoms with Gasteiger partial charge in [0.05, 0.1) is 17.4 Å². The first-order chi connectivity index (χ1) is 21.1. The molecule has 5 rings (SSSR count). The molecule has 2 aliphatic heterocycles. The lowest BCUT2D eigenvalue weighted by atomic mass is 9.81. The number of carbonyl (C=O) groups is 1. The molecule has 0 N–H and O–H groups in total. The minimum absolute atomic E-state index is 0.193. The Hall–Kier alpha value is -3.30. The molecule has 0 bridgehead atoms. The second-order valence-electron chi connectivity index (χ2n) is 14.4. The molecule has 0 aliphatic carbocycles. The number of rotatable bonds is 7. The summed E-state index contributed by atoms with van der Waals surface area (Å²) in [4.78, 5) is 36.0. The topological polar surface area (TPSA) is 93.6 Å². The summed E-state index contributed by atoms with van der Waals surface area (Å²) < 4.78 is 12.4. The molecular formula is C35H47ClN6O3. The summed E-state index contributed by atoms with van der Waals surface area (Å²) in [5, 5.41) is 0.193.